The quantitative estimate of drug-likeness (QED) is 0.829. The van der Waals surface area contributed by atoms with Crippen LogP contribution in [0.5, 0.6) is 0 Å². The van der Waals surface area contributed by atoms with E-state index in [-0.39, 0.29) is 11.0 Å². The van der Waals surface area contributed by atoms with Crippen molar-refractivity contribution < 1.29 is 0 Å². The summed E-state index contributed by atoms with van der Waals surface area (Å²) in [4.78, 5) is 0. The smallest absolute Gasteiger partial charge is 0.0632 e. The highest BCUT2D eigenvalue weighted by molar-refractivity contribution is 9.10. The third-order valence-electron chi connectivity index (χ3n) is 3.56. The van der Waals surface area contributed by atoms with E-state index in [1.807, 2.05) is 6.20 Å². The first-order chi connectivity index (χ1) is 6.18. The van der Waals surface area contributed by atoms with Crippen molar-refractivity contribution in [3.8, 4) is 0 Å². The van der Waals surface area contributed by atoms with Gasteiger partial charge in [0.05, 0.1) is 16.4 Å². The molecule has 2 saturated carbocycles. The van der Waals surface area contributed by atoms with Gasteiger partial charge in [-0.05, 0) is 41.6 Å². The number of nitrogens with zero attached hydrogens (tertiary/aromatic N) is 1. The van der Waals surface area contributed by atoms with Crippen molar-refractivity contribution in [1.29, 1.82) is 0 Å². The van der Waals surface area contributed by atoms with Crippen LogP contribution in [0.25, 0.3) is 0 Å². The van der Waals surface area contributed by atoms with Crippen LogP contribution in [0.15, 0.2) is 10.7 Å². The first-order valence-electron chi connectivity index (χ1n) is 4.66. The average Bonchev–Trinajstić information content (AvgIpc) is 2.98. The second-order valence-corrected chi connectivity index (χ2v) is 5.19. The molecule has 0 atom stereocenters. The summed E-state index contributed by atoms with van der Waals surface area (Å²) in [7, 11) is 0. The molecule has 70 valence electrons. The van der Waals surface area contributed by atoms with E-state index in [2.05, 4.69) is 26.1 Å². The van der Waals surface area contributed by atoms with E-state index in [0.717, 1.165) is 4.47 Å². The summed E-state index contributed by atoms with van der Waals surface area (Å²) >= 11 is 3.51. The molecule has 3 N–H and O–H groups in total. The van der Waals surface area contributed by atoms with E-state index in [4.69, 9.17) is 5.73 Å². The molecule has 1 aromatic heterocycles. The molecule has 4 heteroatoms. The Morgan fingerprint density at radius 3 is 2.46 bits per heavy atom. The fourth-order valence-electron chi connectivity index (χ4n) is 2.34. The monoisotopic (exact) mass is 241 g/mol. The molecule has 0 aliphatic heterocycles. The number of nitrogens with two attached hydrogens (primary N) is 1. The summed E-state index contributed by atoms with van der Waals surface area (Å²) in [6.45, 7) is 0. The number of hydrogen-bond donors (Lipinski definition) is 2. The maximum atomic E-state index is 6.28. The van der Waals surface area contributed by atoms with E-state index in [9.17, 15) is 0 Å². The number of aromatic amines is 1. The van der Waals surface area contributed by atoms with Crippen molar-refractivity contribution in [2.75, 3.05) is 0 Å². The lowest BCUT2D eigenvalue weighted by Crippen LogP contribution is -2.37. The van der Waals surface area contributed by atoms with Crippen molar-refractivity contribution in [2.45, 2.75) is 36.6 Å². The molecule has 3 rings (SSSR count). The summed E-state index contributed by atoms with van der Waals surface area (Å²) < 4.78 is 1.08. The van der Waals surface area contributed by atoms with E-state index in [1.165, 1.54) is 31.4 Å². The van der Waals surface area contributed by atoms with Crippen LogP contribution in [0.3, 0.4) is 0 Å². The molecule has 0 aromatic carbocycles. The van der Waals surface area contributed by atoms with Crippen molar-refractivity contribution in [2.24, 2.45) is 5.73 Å². The molecule has 0 spiro atoms. The topological polar surface area (TPSA) is 54.7 Å². The zero-order chi connectivity index (χ0) is 9.10. The number of rotatable bonds is 2. The van der Waals surface area contributed by atoms with Crippen molar-refractivity contribution in [1.82, 2.24) is 10.2 Å². The molecule has 3 nitrogen and oxygen atoms in total. The van der Waals surface area contributed by atoms with Gasteiger partial charge in [0.1, 0.15) is 0 Å². The lowest BCUT2D eigenvalue weighted by Gasteiger charge is -2.21. The third kappa shape index (κ3) is 0.904. The lowest BCUT2D eigenvalue weighted by molar-refractivity contribution is 0.488. The van der Waals surface area contributed by atoms with Crippen LogP contribution < -0.4 is 5.73 Å². The minimum atomic E-state index is 0.0715. The Morgan fingerprint density at radius 2 is 2.08 bits per heavy atom. The summed E-state index contributed by atoms with van der Waals surface area (Å²) in [6.07, 6.45) is 6.58. The third-order valence-corrected chi connectivity index (χ3v) is 4.16. The summed E-state index contributed by atoms with van der Waals surface area (Å²) in [5.41, 5.74) is 7.79. The number of nitrogens with one attached hydrogen (secondary N) is 1. The van der Waals surface area contributed by atoms with Gasteiger partial charge >= 0.3 is 0 Å². The van der Waals surface area contributed by atoms with Crippen LogP contribution in [-0.2, 0) is 5.41 Å². The second kappa shape index (κ2) is 2.17. The molecule has 2 aliphatic rings. The van der Waals surface area contributed by atoms with E-state index < -0.39 is 0 Å². The molecule has 13 heavy (non-hydrogen) atoms. The van der Waals surface area contributed by atoms with Crippen LogP contribution in [0.4, 0.5) is 0 Å². The highest BCUT2D eigenvalue weighted by Crippen LogP contribution is 2.64. The second-order valence-electron chi connectivity index (χ2n) is 4.33. The van der Waals surface area contributed by atoms with Crippen molar-refractivity contribution in [3.05, 3.63) is 16.4 Å². The predicted octanol–water partition coefficient (Wildman–Crippen LogP) is 1.70. The van der Waals surface area contributed by atoms with Gasteiger partial charge in [-0.25, -0.2) is 0 Å². The van der Waals surface area contributed by atoms with Crippen LogP contribution in [-0.4, -0.2) is 15.7 Å². The predicted molar refractivity (Wildman–Crippen MR) is 53.4 cm³/mol. The molecule has 2 aliphatic carbocycles. The van der Waals surface area contributed by atoms with Gasteiger partial charge < -0.3 is 5.73 Å². The molecule has 0 bridgehead atoms. The fraction of sp³-hybridized carbons (Fsp3) is 0.667. The maximum absolute atomic E-state index is 6.28. The van der Waals surface area contributed by atoms with Crippen LogP contribution >= 0.6 is 15.9 Å². The molecule has 0 amide bonds. The van der Waals surface area contributed by atoms with E-state index >= 15 is 0 Å². The van der Waals surface area contributed by atoms with Crippen molar-refractivity contribution >= 4 is 15.9 Å². The maximum Gasteiger partial charge on any atom is 0.0632 e. The van der Waals surface area contributed by atoms with Gasteiger partial charge in [-0.2, -0.15) is 5.10 Å². The van der Waals surface area contributed by atoms with Gasteiger partial charge in [-0.15, -0.1) is 0 Å². The Hall–Kier alpha value is -0.350. The summed E-state index contributed by atoms with van der Waals surface area (Å²) in [6, 6.07) is 0. The van der Waals surface area contributed by atoms with Crippen LogP contribution in [0.2, 0.25) is 0 Å². The van der Waals surface area contributed by atoms with Gasteiger partial charge in [0.25, 0.3) is 0 Å². The largest absolute Gasteiger partial charge is 0.324 e. The summed E-state index contributed by atoms with van der Waals surface area (Å²) in [5.74, 6) is 0. The zero-order valence-corrected chi connectivity index (χ0v) is 8.89. The van der Waals surface area contributed by atoms with Gasteiger partial charge in [0.15, 0.2) is 0 Å². The Kier molecular flexibility index (Phi) is 1.34. The van der Waals surface area contributed by atoms with Gasteiger partial charge in [0.2, 0.25) is 0 Å². The molecule has 0 saturated heterocycles. The number of hydrogen-bond acceptors (Lipinski definition) is 2. The minimum absolute atomic E-state index is 0.0715. The molecule has 1 heterocycles. The van der Waals surface area contributed by atoms with Crippen molar-refractivity contribution in [3.63, 3.8) is 0 Å². The molecule has 0 unspecified atom stereocenters. The number of aromatic nitrogens is 2. The first-order valence-corrected chi connectivity index (χ1v) is 5.46. The normalized spacial score (nSPS) is 27.2. The first kappa shape index (κ1) is 8.00. The molecule has 0 radical (unpaired) electrons. The Morgan fingerprint density at radius 1 is 1.38 bits per heavy atom. The molecular formula is C9H12BrN3. The van der Waals surface area contributed by atoms with E-state index in [1.54, 1.807) is 0 Å². The lowest BCUT2D eigenvalue weighted by atomic mass is 9.91. The van der Waals surface area contributed by atoms with Crippen LogP contribution in [0, 0.1) is 0 Å². The van der Waals surface area contributed by atoms with Gasteiger partial charge in [-0.3, -0.25) is 5.10 Å². The van der Waals surface area contributed by atoms with Gasteiger partial charge in [0, 0.05) is 11.0 Å². The average molecular weight is 242 g/mol. The standard InChI is InChI=1S/C9H12BrN3/c10-6-5-12-13-7(6)8(1-2-8)9(11)3-4-9/h5H,1-4,11H2,(H,12,13). The zero-order valence-electron chi connectivity index (χ0n) is 7.31. The number of H-pyrrole nitrogens is 1. The minimum Gasteiger partial charge on any atom is -0.324 e. The molecule has 1 aromatic rings. The van der Waals surface area contributed by atoms with Gasteiger partial charge in [-0.1, -0.05) is 0 Å². The van der Waals surface area contributed by atoms with Crippen LogP contribution in [0.1, 0.15) is 31.4 Å². The highest BCUT2D eigenvalue weighted by Gasteiger charge is 2.65. The number of halogens is 1. The Bertz CT molecular complexity index is 349. The highest BCUT2D eigenvalue weighted by atomic mass is 79.9. The Labute approximate surface area is 85.2 Å². The molecule has 2 fully saturated rings. The van der Waals surface area contributed by atoms with E-state index in [0.29, 0.717) is 0 Å². The fourth-order valence-corrected chi connectivity index (χ4v) is 2.91. The summed E-state index contributed by atoms with van der Waals surface area (Å²) in [5, 5.41) is 7.12. The SMILES string of the molecule is NC1(C2(c3[nH]ncc3Br)CC2)CC1. The molecular weight excluding hydrogens is 230 g/mol. The Balaban J connectivity index is 2.05.